The number of carboxylic acids is 1. The van der Waals surface area contributed by atoms with Gasteiger partial charge in [-0.2, -0.15) is 0 Å². The fourth-order valence-electron chi connectivity index (χ4n) is 2.82. The number of aromatic carboxylic acids is 1. The molecule has 0 unspecified atom stereocenters. The third-order valence-corrected chi connectivity index (χ3v) is 4.38. The van der Waals surface area contributed by atoms with E-state index in [1.807, 2.05) is 54.6 Å². The van der Waals surface area contributed by atoms with Crippen molar-refractivity contribution in [2.45, 2.75) is 0 Å². The van der Waals surface area contributed by atoms with Crippen molar-refractivity contribution in [3.63, 3.8) is 0 Å². The lowest BCUT2D eigenvalue weighted by molar-refractivity contribution is 0.0697. The number of rotatable bonds is 5. The topological polar surface area (TPSA) is 72.6 Å². The molecule has 1 N–H and O–H groups in total. The normalized spacial score (nSPS) is 11.2. The number of ether oxygens (including phenoxy) is 1. The molecule has 0 aliphatic carbocycles. The van der Waals surface area contributed by atoms with Crippen molar-refractivity contribution < 1.29 is 19.1 Å². The summed E-state index contributed by atoms with van der Waals surface area (Å²) in [5.74, 6) is 0.360. The minimum atomic E-state index is -0.927. The Balaban J connectivity index is 1.52. The Morgan fingerprint density at radius 2 is 1.61 bits per heavy atom. The lowest BCUT2D eigenvalue weighted by atomic mass is 10.1. The van der Waals surface area contributed by atoms with Crippen LogP contribution in [0.4, 0.5) is 0 Å². The molecule has 0 spiro atoms. The van der Waals surface area contributed by atoms with Gasteiger partial charge in [0, 0.05) is 11.6 Å². The van der Waals surface area contributed by atoms with E-state index in [4.69, 9.17) is 14.3 Å². The molecular weight excluding hydrogens is 354 g/mol. The Morgan fingerprint density at radius 3 is 2.21 bits per heavy atom. The Labute approximate surface area is 161 Å². The Morgan fingerprint density at radius 1 is 0.964 bits per heavy atom. The van der Waals surface area contributed by atoms with E-state index in [0.29, 0.717) is 11.5 Å². The molecule has 0 amide bonds. The molecule has 4 aromatic rings. The number of oxazole rings is 1. The van der Waals surface area contributed by atoms with Crippen LogP contribution >= 0.6 is 0 Å². The maximum Gasteiger partial charge on any atom is 0.335 e. The van der Waals surface area contributed by atoms with Gasteiger partial charge in [-0.1, -0.05) is 36.4 Å². The molecule has 0 saturated heterocycles. The monoisotopic (exact) mass is 371 g/mol. The van der Waals surface area contributed by atoms with Crippen LogP contribution in [0.2, 0.25) is 0 Å². The number of fused-ring (bicyclic) bond motifs is 1. The van der Waals surface area contributed by atoms with Crippen LogP contribution in [0.25, 0.3) is 34.7 Å². The number of nitrogens with zero attached hydrogens (tertiary/aromatic N) is 1. The highest BCUT2D eigenvalue weighted by atomic mass is 16.5. The van der Waals surface area contributed by atoms with Gasteiger partial charge < -0.3 is 14.3 Å². The number of carboxylic acid groups (broad SMARTS) is 1. The molecule has 0 aliphatic heterocycles. The predicted octanol–water partition coefficient (Wildman–Crippen LogP) is 5.37. The lowest BCUT2D eigenvalue weighted by Gasteiger charge is -1.98. The van der Waals surface area contributed by atoms with Crippen LogP contribution < -0.4 is 4.74 Å². The molecule has 28 heavy (non-hydrogen) atoms. The van der Waals surface area contributed by atoms with Crippen molar-refractivity contribution in [1.82, 2.24) is 4.98 Å². The summed E-state index contributed by atoms with van der Waals surface area (Å²) in [6.45, 7) is 0. The smallest absolute Gasteiger partial charge is 0.335 e. The van der Waals surface area contributed by atoms with Crippen LogP contribution in [0.3, 0.4) is 0 Å². The quantitative estimate of drug-likeness (QED) is 0.477. The molecule has 0 atom stereocenters. The van der Waals surface area contributed by atoms with E-state index in [1.165, 1.54) is 0 Å². The van der Waals surface area contributed by atoms with Gasteiger partial charge in [-0.05, 0) is 47.5 Å². The zero-order chi connectivity index (χ0) is 19.5. The van der Waals surface area contributed by atoms with E-state index in [-0.39, 0.29) is 5.56 Å². The number of hydrogen-bond acceptors (Lipinski definition) is 4. The van der Waals surface area contributed by atoms with Gasteiger partial charge in [0.15, 0.2) is 5.58 Å². The largest absolute Gasteiger partial charge is 0.497 e. The number of hydrogen-bond donors (Lipinski definition) is 1. The Kier molecular flexibility index (Phi) is 4.64. The Bertz CT molecular complexity index is 1160. The van der Waals surface area contributed by atoms with Crippen LogP contribution in [-0.4, -0.2) is 23.2 Å². The minimum Gasteiger partial charge on any atom is -0.497 e. The summed E-state index contributed by atoms with van der Waals surface area (Å²) in [5, 5.41) is 8.94. The van der Waals surface area contributed by atoms with E-state index >= 15 is 0 Å². The zero-order valence-corrected chi connectivity index (χ0v) is 15.1. The molecule has 0 fully saturated rings. The SMILES string of the molecule is COc1ccc2nc(-c3ccc(C=Cc4ccc(C(=O)O)cc4)cc3)oc2c1. The molecule has 138 valence electrons. The molecule has 1 heterocycles. The van der Waals surface area contributed by atoms with Crippen LogP contribution in [-0.2, 0) is 0 Å². The van der Waals surface area contributed by atoms with E-state index in [0.717, 1.165) is 28.0 Å². The molecule has 3 aromatic carbocycles. The van der Waals surface area contributed by atoms with Crippen molar-refractivity contribution in [2.24, 2.45) is 0 Å². The van der Waals surface area contributed by atoms with E-state index in [2.05, 4.69) is 4.98 Å². The molecule has 1 aromatic heterocycles. The summed E-state index contributed by atoms with van der Waals surface area (Å²) < 4.78 is 11.0. The standard InChI is InChI=1S/C23H17NO4/c1-27-19-12-13-20-21(14-19)28-22(24-20)17-8-4-15(5-9-17)2-3-16-6-10-18(11-7-16)23(25)26/h2-14H,1H3,(H,25,26). The fourth-order valence-corrected chi connectivity index (χ4v) is 2.82. The summed E-state index contributed by atoms with van der Waals surface area (Å²) in [6, 6.07) is 20.1. The Hall–Kier alpha value is -3.86. The molecule has 0 saturated carbocycles. The summed E-state index contributed by atoms with van der Waals surface area (Å²) in [5.41, 5.74) is 4.58. The molecule has 4 rings (SSSR count). The van der Waals surface area contributed by atoms with Crippen molar-refractivity contribution in [1.29, 1.82) is 0 Å². The van der Waals surface area contributed by atoms with Crippen LogP contribution in [0.1, 0.15) is 21.5 Å². The van der Waals surface area contributed by atoms with Gasteiger partial charge in [0.1, 0.15) is 11.3 Å². The van der Waals surface area contributed by atoms with Crippen molar-refractivity contribution in [2.75, 3.05) is 7.11 Å². The summed E-state index contributed by atoms with van der Waals surface area (Å²) >= 11 is 0. The first kappa shape index (κ1) is 17.5. The van der Waals surface area contributed by atoms with Gasteiger partial charge in [-0.3, -0.25) is 0 Å². The number of benzene rings is 3. The molecule has 0 bridgehead atoms. The zero-order valence-electron chi connectivity index (χ0n) is 15.1. The molecule has 5 heteroatoms. The summed E-state index contributed by atoms with van der Waals surface area (Å²) in [4.78, 5) is 15.4. The predicted molar refractivity (Wildman–Crippen MR) is 108 cm³/mol. The summed E-state index contributed by atoms with van der Waals surface area (Å²) in [7, 11) is 1.62. The van der Waals surface area contributed by atoms with E-state index in [1.54, 1.807) is 31.4 Å². The maximum absolute atomic E-state index is 10.9. The van der Waals surface area contributed by atoms with Gasteiger partial charge in [0.2, 0.25) is 5.89 Å². The number of aromatic nitrogens is 1. The van der Waals surface area contributed by atoms with Gasteiger partial charge in [0.25, 0.3) is 0 Å². The highest BCUT2D eigenvalue weighted by Gasteiger charge is 2.09. The third-order valence-electron chi connectivity index (χ3n) is 4.38. The lowest BCUT2D eigenvalue weighted by Crippen LogP contribution is -1.94. The second kappa shape index (κ2) is 7.40. The molecule has 0 radical (unpaired) electrons. The highest BCUT2D eigenvalue weighted by Crippen LogP contribution is 2.27. The second-order valence-corrected chi connectivity index (χ2v) is 6.24. The molecule has 0 aliphatic rings. The number of carbonyl (C=O) groups is 1. The summed E-state index contributed by atoms with van der Waals surface area (Å²) in [6.07, 6.45) is 3.91. The van der Waals surface area contributed by atoms with Crippen molar-refractivity contribution in [3.8, 4) is 17.2 Å². The van der Waals surface area contributed by atoms with Crippen LogP contribution in [0.15, 0.2) is 71.1 Å². The second-order valence-electron chi connectivity index (χ2n) is 6.24. The average molecular weight is 371 g/mol. The van der Waals surface area contributed by atoms with Crippen molar-refractivity contribution in [3.05, 3.63) is 83.4 Å². The third kappa shape index (κ3) is 3.64. The number of methoxy groups -OCH3 is 1. The molecular formula is C23H17NO4. The van der Waals surface area contributed by atoms with E-state index < -0.39 is 5.97 Å². The maximum atomic E-state index is 10.9. The fraction of sp³-hybridized carbons (Fsp3) is 0.0435. The van der Waals surface area contributed by atoms with Crippen molar-refractivity contribution >= 4 is 29.2 Å². The first-order chi connectivity index (χ1) is 13.6. The van der Waals surface area contributed by atoms with Gasteiger partial charge >= 0.3 is 5.97 Å². The first-order valence-corrected chi connectivity index (χ1v) is 8.69. The highest BCUT2D eigenvalue weighted by molar-refractivity contribution is 5.88. The van der Waals surface area contributed by atoms with E-state index in [9.17, 15) is 4.79 Å². The minimum absolute atomic E-state index is 0.275. The van der Waals surface area contributed by atoms with Crippen LogP contribution in [0.5, 0.6) is 5.75 Å². The van der Waals surface area contributed by atoms with Gasteiger partial charge in [0.05, 0.1) is 12.7 Å². The van der Waals surface area contributed by atoms with Gasteiger partial charge in [-0.15, -0.1) is 0 Å². The molecule has 5 nitrogen and oxygen atoms in total. The van der Waals surface area contributed by atoms with Gasteiger partial charge in [-0.25, -0.2) is 9.78 Å². The average Bonchev–Trinajstić information content (AvgIpc) is 3.16. The first-order valence-electron chi connectivity index (χ1n) is 8.69. The van der Waals surface area contributed by atoms with Crippen LogP contribution in [0, 0.1) is 0 Å².